The van der Waals surface area contributed by atoms with Gasteiger partial charge in [0, 0.05) is 14.5 Å². The normalized spacial score (nSPS) is 12.8. The van der Waals surface area contributed by atoms with Gasteiger partial charge >= 0.3 is 0 Å². The summed E-state index contributed by atoms with van der Waals surface area (Å²) in [5.74, 6) is 0.670. The average molecular weight is 348 g/mol. The maximum Gasteiger partial charge on any atom is 0.258 e. The molecule has 6 heteroatoms. The van der Waals surface area contributed by atoms with Gasteiger partial charge in [-0.3, -0.25) is 0 Å². The predicted molar refractivity (Wildman–Crippen MR) is 65.8 cm³/mol. The van der Waals surface area contributed by atoms with E-state index in [2.05, 4.69) is 42.0 Å². The number of aliphatic hydroxyl groups excluding tert-OH is 1. The van der Waals surface area contributed by atoms with E-state index in [0.29, 0.717) is 5.89 Å². The van der Waals surface area contributed by atoms with Crippen molar-refractivity contribution < 1.29 is 9.63 Å². The minimum atomic E-state index is -0.729. The first kappa shape index (κ1) is 11.8. The van der Waals surface area contributed by atoms with Crippen molar-refractivity contribution in [2.75, 3.05) is 0 Å². The standard InChI is InChI=1S/C10H8Br2N2O2/c1-5(15)9-13-10(16-14-9)6-2-7(11)4-8(12)3-6/h2-5,15H,1H3. The third-order valence-corrected chi connectivity index (χ3v) is 2.84. The van der Waals surface area contributed by atoms with Crippen LogP contribution in [0.15, 0.2) is 31.7 Å². The maximum absolute atomic E-state index is 9.29. The Morgan fingerprint density at radius 1 is 1.25 bits per heavy atom. The molecule has 0 amide bonds. The van der Waals surface area contributed by atoms with Crippen molar-refractivity contribution in [1.29, 1.82) is 0 Å². The summed E-state index contributed by atoms with van der Waals surface area (Å²) in [7, 11) is 0. The molecule has 1 aromatic heterocycles. The van der Waals surface area contributed by atoms with Crippen LogP contribution in [-0.2, 0) is 0 Å². The smallest absolute Gasteiger partial charge is 0.258 e. The summed E-state index contributed by atoms with van der Waals surface area (Å²) in [4.78, 5) is 4.09. The third-order valence-electron chi connectivity index (χ3n) is 1.92. The molecule has 84 valence electrons. The lowest BCUT2D eigenvalue weighted by Gasteiger charge is -1.97. The highest BCUT2D eigenvalue weighted by Gasteiger charge is 2.13. The minimum absolute atomic E-state index is 0.283. The Labute approximate surface area is 109 Å². The van der Waals surface area contributed by atoms with Crippen molar-refractivity contribution in [3.63, 3.8) is 0 Å². The van der Waals surface area contributed by atoms with Crippen molar-refractivity contribution >= 4 is 31.9 Å². The highest BCUT2D eigenvalue weighted by Crippen LogP contribution is 2.27. The number of nitrogens with zero attached hydrogens (tertiary/aromatic N) is 2. The molecule has 4 nitrogen and oxygen atoms in total. The molecule has 0 aliphatic heterocycles. The second-order valence-corrected chi connectivity index (χ2v) is 5.12. The Kier molecular flexibility index (Phi) is 3.41. The molecule has 2 rings (SSSR count). The molecule has 0 aliphatic rings. The Balaban J connectivity index is 2.42. The van der Waals surface area contributed by atoms with Crippen LogP contribution in [0.4, 0.5) is 0 Å². The summed E-state index contributed by atoms with van der Waals surface area (Å²) in [6, 6.07) is 5.64. The molecule has 1 atom stereocenters. The molecule has 16 heavy (non-hydrogen) atoms. The first-order valence-corrected chi connectivity index (χ1v) is 6.13. The van der Waals surface area contributed by atoms with Crippen LogP contribution in [0.5, 0.6) is 0 Å². The summed E-state index contributed by atoms with van der Waals surface area (Å²) in [5, 5.41) is 13.0. The highest BCUT2D eigenvalue weighted by atomic mass is 79.9. The van der Waals surface area contributed by atoms with E-state index in [1.807, 2.05) is 18.2 Å². The summed E-state index contributed by atoms with van der Waals surface area (Å²) in [6.07, 6.45) is -0.729. The lowest BCUT2D eigenvalue weighted by molar-refractivity contribution is 0.184. The van der Waals surface area contributed by atoms with Gasteiger partial charge in [0.25, 0.3) is 5.89 Å². The van der Waals surface area contributed by atoms with Crippen molar-refractivity contribution in [1.82, 2.24) is 10.1 Å². The van der Waals surface area contributed by atoms with Crippen LogP contribution in [-0.4, -0.2) is 15.2 Å². The first-order chi connectivity index (χ1) is 7.56. The fourth-order valence-corrected chi connectivity index (χ4v) is 2.49. The largest absolute Gasteiger partial charge is 0.385 e. The third kappa shape index (κ3) is 2.50. The second-order valence-electron chi connectivity index (χ2n) is 3.29. The van der Waals surface area contributed by atoms with Gasteiger partial charge in [-0.05, 0) is 25.1 Å². The van der Waals surface area contributed by atoms with Gasteiger partial charge in [0.05, 0.1) is 0 Å². The number of aromatic nitrogens is 2. The van der Waals surface area contributed by atoms with E-state index in [-0.39, 0.29) is 5.82 Å². The first-order valence-electron chi connectivity index (χ1n) is 4.54. The fourth-order valence-electron chi connectivity index (χ4n) is 1.20. The molecule has 1 heterocycles. The average Bonchev–Trinajstić information content (AvgIpc) is 2.64. The lowest BCUT2D eigenvalue weighted by atomic mass is 10.2. The Hall–Kier alpha value is -0.720. The van der Waals surface area contributed by atoms with Crippen LogP contribution < -0.4 is 0 Å². The zero-order chi connectivity index (χ0) is 11.7. The molecule has 0 saturated carbocycles. The van der Waals surface area contributed by atoms with E-state index in [0.717, 1.165) is 14.5 Å². The zero-order valence-electron chi connectivity index (χ0n) is 8.32. The van der Waals surface area contributed by atoms with E-state index in [4.69, 9.17) is 4.52 Å². The van der Waals surface area contributed by atoms with Crippen LogP contribution in [0.25, 0.3) is 11.5 Å². The lowest BCUT2D eigenvalue weighted by Crippen LogP contribution is -1.92. The van der Waals surface area contributed by atoms with E-state index < -0.39 is 6.10 Å². The van der Waals surface area contributed by atoms with Crippen molar-refractivity contribution in [3.8, 4) is 11.5 Å². The number of hydrogen-bond acceptors (Lipinski definition) is 4. The van der Waals surface area contributed by atoms with Gasteiger partial charge in [0.15, 0.2) is 5.82 Å². The molecule has 0 spiro atoms. The SMILES string of the molecule is CC(O)c1noc(-c2cc(Br)cc(Br)c2)n1. The molecule has 0 saturated heterocycles. The van der Waals surface area contributed by atoms with Crippen LogP contribution >= 0.6 is 31.9 Å². The van der Waals surface area contributed by atoms with Crippen molar-refractivity contribution in [2.45, 2.75) is 13.0 Å². The molecule has 1 N–H and O–H groups in total. The zero-order valence-corrected chi connectivity index (χ0v) is 11.5. The molecule has 0 bridgehead atoms. The van der Waals surface area contributed by atoms with Gasteiger partial charge in [-0.2, -0.15) is 4.98 Å². The number of halogens is 2. The Morgan fingerprint density at radius 3 is 2.38 bits per heavy atom. The van der Waals surface area contributed by atoms with E-state index in [9.17, 15) is 5.11 Å². The highest BCUT2D eigenvalue weighted by molar-refractivity contribution is 9.11. The topological polar surface area (TPSA) is 59.2 Å². The molecule has 0 radical (unpaired) electrons. The molecule has 1 aromatic carbocycles. The molecule has 2 aromatic rings. The fraction of sp³-hybridized carbons (Fsp3) is 0.200. The molecular formula is C10H8Br2N2O2. The van der Waals surface area contributed by atoms with Crippen LogP contribution in [0.1, 0.15) is 18.9 Å². The molecular weight excluding hydrogens is 340 g/mol. The van der Waals surface area contributed by atoms with Gasteiger partial charge in [-0.25, -0.2) is 0 Å². The van der Waals surface area contributed by atoms with Crippen molar-refractivity contribution in [3.05, 3.63) is 33.0 Å². The molecule has 0 aliphatic carbocycles. The number of hydrogen-bond donors (Lipinski definition) is 1. The van der Waals surface area contributed by atoms with Gasteiger partial charge in [-0.15, -0.1) is 0 Å². The number of aliphatic hydroxyl groups is 1. The molecule has 0 fully saturated rings. The summed E-state index contributed by atoms with van der Waals surface area (Å²) >= 11 is 6.75. The Bertz CT molecular complexity index is 491. The van der Waals surface area contributed by atoms with Crippen LogP contribution in [0.2, 0.25) is 0 Å². The summed E-state index contributed by atoms with van der Waals surface area (Å²) < 4.78 is 6.88. The maximum atomic E-state index is 9.29. The Morgan fingerprint density at radius 2 is 1.88 bits per heavy atom. The van der Waals surface area contributed by atoms with Gasteiger partial charge in [0.2, 0.25) is 0 Å². The second kappa shape index (κ2) is 4.65. The quantitative estimate of drug-likeness (QED) is 0.905. The van der Waals surface area contributed by atoms with E-state index >= 15 is 0 Å². The molecule has 1 unspecified atom stereocenters. The van der Waals surface area contributed by atoms with Gasteiger partial charge in [0.1, 0.15) is 6.10 Å². The van der Waals surface area contributed by atoms with E-state index in [1.54, 1.807) is 6.92 Å². The van der Waals surface area contributed by atoms with Crippen molar-refractivity contribution in [2.24, 2.45) is 0 Å². The van der Waals surface area contributed by atoms with Gasteiger partial charge in [-0.1, -0.05) is 37.0 Å². The minimum Gasteiger partial charge on any atom is -0.385 e. The van der Waals surface area contributed by atoms with Gasteiger partial charge < -0.3 is 9.63 Å². The summed E-state index contributed by atoms with van der Waals surface area (Å²) in [6.45, 7) is 1.59. The number of rotatable bonds is 2. The van der Waals surface area contributed by atoms with Crippen LogP contribution in [0.3, 0.4) is 0 Å². The van der Waals surface area contributed by atoms with Crippen LogP contribution in [0, 0.1) is 0 Å². The summed E-state index contributed by atoms with van der Waals surface area (Å²) in [5.41, 5.74) is 0.792. The predicted octanol–water partition coefficient (Wildman–Crippen LogP) is 3.31. The number of benzene rings is 1. The monoisotopic (exact) mass is 346 g/mol. The van der Waals surface area contributed by atoms with E-state index in [1.165, 1.54) is 0 Å².